The highest BCUT2D eigenvalue weighted by molar-refractivity contribution is 7.10. The molecule has 0 aliphatic carbocycles. The van der Waals surface area contributed by atoms with E-state index in [1.807, 2.05) is 24.4 Å². The van der Waals surface area contributed by atoms with E-state index in [2.05, 4.69) is 20.8 Å². The molecular weight excluding hydrogens is 296 g/mol. The SMILES string of the molecule is CC(NC(=O)c1n[nH]c2c1CNCC2)c1cccs1.Cl. The lowest BCUT2D eigenvalue weighted by Gasteiger charge is -2.14. The molecule has 2 aromatic rings. The number of halogens is 1. The van der Waals surface area contributed by atoms with Crippen molar-refractivity contribution in [3.05, 3.63) is 39.3 Å². The molecule has 3 N–H and O–H groups in total. The number of aromatic nitrogens is 2. The molecule has 0 bridgehead atoms. The molecule has 0 saturated heterocycles. The van der Waals surface area contributed by atoms with Gasteiger partial charge in [-0.1, -0.05) is 6.07 Å². The third-order valence-corrected chi connectivity index (χ3v) is 4.39. The summed E-state index contributed by atoms with van der Waals surface area (Å²) in [4.78, 5) is 13.4. The number of fused-ring (bicyclic) bond motifs is 1. The Kier molecular flexibility index (Phi) is 4.80. The molecule has 0 saturated carbocycles. The number of nitrogens with one attached hydrogen (secondary N) is 3. The van der Waals surface area contributed by atoms with E-state index in [4.69, 9.17) is 0 Å². The first-order chi connectivity index (χ1) is 9.25. The van der Waals surface area contributed by atoms with Crippen molar-refractivity contribution in [2.75, 3.05) is 6.54 Å². The van der Waals surface area contributed by atoms with Crippen molar-refractivity contribution in [3.8, 4) is 0 Å². The van der Waals surface area contributed by atoms with Gasteiger partial charge >= 0.3 is 0 Å². The van der Waals surface area contributed by atoms with E-state index in [0.29, 0.717) is 12.2 Å². The Labute approximate surface area is 127 Å². The van der Waals surface area contributed by atoms with E-state index in [1.54, 1.807) is 11.3 Å². The second-order valence-corrected chi connectivity index (χ2v) is 5.65. The average molecular weight is 313 g/mol. The van der Waals surface area contributed by atoms with Crippen LogP contribution >= 0.6 is 23.7 Å². The maximum absolute atomic E-state index is 12.3. The molecule has 108 valence electrons. The first-order valence-electron chi connectivity index (χ1n) is 6.37. The van der Waals surface area contributed by atoms with Crippen molar-refractivity contribution in [3.63, 3.8) is 0 Å². The number of carbonyl (C=O) groups excluding carboxylic acids is 1. The minimum atomic E-state index is -0.109. The van der Waals surface area contributed by atoms with Gasteiger partial charge in [0.25, 0.3) is 5.91 Å². The van der Waals surface area contributed by atoms with Crippen molar-refractivity contribution in [1.82, 2.24) is 20.8 Å². The van der Waals surface area contributed by atoms with E-state index in [0.717, 1.165) is 29.1 Å². The Morgan fingerprint density at radius 2 is 2.40 bits per heavy atom. The van der Waals surface area contributed by atoms with E-state index in [1.165, 1.54) is 0 Å². The van der Waals surface area contributed by atoms with Crippen molar-refractivity contribution >= 4 is 29.7 Å². The molecule has 0 radical (unpaired) electrons. The van der Waals surface area contributed by atoms with Crippen molar-refractivity contribution in [2.24, 2.45) is 0 Å². The predicted molar refractivity (Wildman–Crippen MR) is 81.4 cm³/mol. The Morgan fingerprint density at radius 3 is 3.15 bits per heavy atom. The molecule has 1 unspecified atom stereocenters. The highest BCUT2D eigenvalue weighted by Gasteiger charge is 2.22. The molecule has 1 atom stereocenters. The van der Waals surface area contributed by atoms with Crippen LogP contribution in [0.4, 0.5) is 0 Å². The Morgan fingerprint density at radius 1 is 1.55 bits per heavy atom. The predicted octanol–water partition coefficient (Wildman–Crippen LogP) is 2.03. The van der Waals surface area contributed by atoms with Gasteiger partial charge in [0.15, 0.2) is 5.69 Å². The molecule has 1 aliphatic rings. The van der Waals surface area contributed by atoms with Crippen LogP contribution in [-0.2, 0) is 13.0 Å². The van der Waals surface area contributed by atoms with Crippen LogP contribution in [0.1, 0.15) is 39.6 Å². The Hall–Kier alpha value is -1.37. The summed E-state index contributed by atoms with van der Waals surface area (Å²) in [7, 11) is 0. The zero-order chi connectivity index (χ0) is 13.2. The largest absolute Gasteiger partial charge is 0.343 e. The van der Waals surface area contributed by atoms with E-state index >= 15 is 0 Å². The third-order valence-electron chi connectivity index (χ3n) is 3.34. The number of nitrogens with zero attached hydrogens (tertiary/aromatic N) is 1. The minimum absolute atomic E-state index is 0. The number of rotatable bonds is 3. The van der Waals surface area contributed by atoms with E-state index in [9.17, 15) is 4.79 Å². The first-order valence-corrected chi connectivity index (χ1v) is 7.25. The monoisotopic (exact) mass is 312 g/mol. The van der Waals surface area contributed by atoms with Gasteiger partial charge in [-0.3, -0.25) is 9.89 Å². The third kappa shape index (κ3) is 2.87. The normalized spacial score (nSPS) is 15.1. The van der Waals surface area contributed by atoms with Crippen LogP contribution in [0.15, 0.2) is 17.5 Å². The zero-order valence-corrected chi connectivity index (χ0v) is 12.7. The smallest absolute Gasteiger partial charge is 0.272 e. The molecule has 0 fully saturated rings. The number of thiophene rings is 1. The van der Waals surface area contributed by atoms with Crippen molar-refractivity contribution in [2.45, 2.75) is 25.9 Å². The lowest BCUT2D eigenvalue weighted by Crippen LogP contribution is -2.29. The molecule has 0 spiro atoms. The van der Waals surface area contributed by atoms with Gasteiger partial charge < -0.3 is 10.6 Å². The molecule has 3 heterocycles. The summed E-state index contributed by atoms with van der Waals surface area (Å²) < 4.78 is 0. The van der Waals surface area contributed by atoms with Crippen LogP contribution in [0.25, 0.3) is 0 Å². The maximum Gasteiger partial charge on any atom is 0.272 e. The lowest BCUT2D eigenvalue weighted by molar-refractivity contribution is 0.0934. The van der Waals surface area contributed by atoms with Gasteiger partial charge in [0.2, 0.25) is 0 Å². The summed E-state index contributed by atoms with van der Waals surface area (Å²) in [5.74, 6) is -0.109. The summed E-state index contributed by atoms with van der Waals surface area (Å²) in [5.41, 5.74) is 2.60. The fourth-order valence-corrected chi connectivity index (χ4v) is 3.02. The second-order valence-electron chi connectivity index (χ2n) is 4.67. The van der Waals surface area contributed by atoms with Gasteiger partial charge in [0, 0.05) is 35.6 Å². The molecular formula is C13H17ClN4OS. The first kappa shape index (κ1) is 15.0. The lowest BCUT2D eigenvalue weighted by atomic mass is 10.1. The maximum atomic E-state index is 12.3. The molecule has 1 amide bonds. The van der Waals surface area contributed by atoms with Gasteiger partial charge in [0.05, 0.1) is 6.04 Å². The fraction of sp³-hybridized carbons (Fsp3) is 0.385. The molecule has 5 nitrogen and oxygen atoms in total. The number of carbonyl (C=O) groups is 1. The highest BCUT2D eigenvalue weighted by Crippen LogP contribution is 2.20. The molecule has 2 aromatic heterocycles. The molecule has 3 rings (SSSR count). The van der Waals surface area contributed by atoms with E-state index in [-0.39, 0.29) is 24.4 Å². The van der Waals surface area contributed by atoms with Gasteiger partial charge in [-0.2, -0.15) is 5.10 Å². The van der Waals surface area contributed by atoms with Gasteiger partial charge in [0.1, 0.15) is 0 Å². The van der Waals surface area contributed by atoms with Crippen LogP contribution in [0.3, 0.4) is 0 Å². The van der Waals surface area contributed by atoms with Crippen molar-refractivity contribution < 1.29 is 4.79 Å². The molecule has 7 heteroatoms. The highest BCUT2D eigenvalue weighted by atomic mass is 35.5. The van der Waals surface area contributed by atoms with Crippen LogP contribution < -0.4 is 10.6 Å². The number of hydrogen-bond donors (Lipinski definition) is 3. The second kappa shape index (κ2) is 6.39. The standard InChI is InChI=1S/C13H16N4OS.ClH/c1-8(11-3-2-6-19-11)15-13(18)12-9-7-14-5-4-10(9)16-17-12;/h2-3,6,8,14H,4-5,7H2,1H3,(H,15,18)(H,16,17);1H. The molecule has 1 aliphatic heterocycles. The van der Waals surface area contributed by atoms with Crippen LogP contribution in [0.5, 0.6) is 0 Å². The minimum Gasteiger partial charge on any atom is -0.343 e. The number of amides is 1. The summed E-state index contributed by atoms with van der Waals surface area (Å²) >= 11 is 1.64. The number of hydrogen-bond acceptors (Lipinski definition) is 4. The van der Waals surface area contributed by atoms with Gasteiger partial charge in [-0.15, -0.1) is 23.7 Å². The fourth-order valence-electron chi connectivity index (χ4n) is 2.29. The van der Waals surface area contributed by atoms with Crippen LogP contribution in [-0.4, -0.2) is 22.6 Å². The van der Waals surface area contributed by atoms with Gasteiger partial charge in [-0.05, 0) is 18.4 Å². The van der Waals surface area contributed by atoms with Crippen molar-refractivity contribution in [1.29, 1.82) is 0 Å². The van der Waals surface area contributed by atoms with E-state index < -0.39 is 0 Å². The van der Waals surface area contributed by atoms with Crippen LogP contribution in [0, 0.1) is 0 Å². The quantitative estimate of drug-likeness (QED) is 0.812. The molecule has 20 heavy (non-hydrogen) atoms. The topological polar surface area (TPSA) is 69.8 Å². The Balaban J connectivity index is 0.00000147. The summed E-state index contributed by atoms with van der Waals surface area (Å²) in [6.45, 7) is 3.63. The Bertz CT molecular complexity index is 581. The summed E-state index contributed by atoms with van der Waals surface area (Å²) in [6, 6.07) is 4.02. The number of aromatic amines is 1. The zero-order valence-electron chi connectivity index (χ0n) is 11.1. The van der Waals surface area contributed by atoms with Gasteiger partial charge in [-0.25, -0.2) is 0 Å². The summed E-state index contributed by atoms with van der Waals surface area (Å²) in [5, 5.41) is 15.4. The average Bonchev–Trinajstić information content (AvgIpc) is 3.08. The van der Waals surface area contributed by atoms with Crippen LogP contribution in [0.2, 0.25) is 0 Å². The molecule has 0 aromatic carbocycles. The summed E-state index contributed by atoms with van der Waals surface area (Å²) in [6.07, 6.45) is 0.899. The number of H-pyrrole nitrogens is 1.